The molecule has 1 aromatic rings. The Kier molecular flexibility index (Phi) is 2.92. The predicted octanol–water partition coefficient (Wildman–Crippen LogP) is 1.65. The Hall–Kier alpha value is -0.690. The van der Waals surface area contributed by atoms with Crippen LogP contribution >= 0.6 is 34.2 Å². The maximum Gasteiger partial charge on any atom is 0.236 e. The number of aromatic nitrogens is 1. The minimum Gasteiger partial charge on any atom is -0.297 e. The predicted molar refractivity (Wildman–Crippen MR) is 63.9 cm³/mol. The summed E-state index contributed by atoms with van der Waals surface area (Å²) >= 11 is 7.88. The van der Waals surface area contributed by atoms with Crippen LogP contribution in [0.4, 0.5) is 5.82 Å². The molecule has 0 saturated carbocycles. The monoisotopic (exact) mass is 336 g/mol. The van der Waals surface area contributed by atoms with Gasteiger partial charge in [0.2, 0.25) is 5.91 Å². The minimum absolute atomic E-state index is 0.0364. The first-order chi connectivity index (χ1) is 7.08. The van der Waals surface area contributed by atoms with Crippen LogP contribution in [0.2, 0.25) is 5.15 Å². The van der Waals surface area contributed by atoms with Crippen molar-refractivity contribution in [3.8, 4) is 0 Å². The molecule has 0 atom stereocenters. The second-order valence-electron chi connectivity index (χ2n) is 3.14. The molecule has 0 aliphatic carbocycles. The third-order valence-corrected chi connectivity index (χ3v) is 3.53. The van der Waals surface area contributed by atoms with Gasteiger partial charge < -0.3 is 0 Å². The van der Waals surface area contributed by atoms with Crippen LogP contribution in [-0.4, -0.2) is 23.2 Å². The van der Waals surface area contributed by atoms with Crippen molar-refractivity contribution >= 4 is 51.7 Å². The maximum absolute atomic E-state index is 11.4. The number of Topliss-reactive ketones (excluding diaryl/α,β-unsaturated/α-hetero) is 1. The number of hydrogen-bond acceptors (Lipinski definition) is 3. The van der Waals surface area contributed by atoms with Gasteiger partial charge in [-0.1, -0.05) is 11.6 Å². The van der Waals surface area contributed by atoms with E-state index in [1.807, 2.05) is 22.6 Å². The fourth-order valence-electron chi connectivity index (χ4n) is 1.35. The van der Waals surface area contributed by atoms with Crippen LogP contribution in [0, 0.1) is 3.57 Å². The van der Waals surface area contributed by atoms with Crippen LogP contribution in [0.3, 0.4) is 0 Å². The first-order valence-corrected chi connectivity index (χ1v) is 5.67. The molecule has 0 spiro atoms. The summed E-state index contributed by atoms with van der Waals surface area (Å²) in [5, 5.41) is 0.347. The van der Waals surface area contributed by atoms with Crippen LogP contribution in [0.15, 0.2) is 12.1 Å². The standard InChI is InChI=1S/C9H6ClIN2O2/c10-9-6(11)1-2-7(12-9)13-4-5(14)3-8(13)15/h1-2H,3-4H2. The Balaban J connectivity index is 2.34. The van der Waals surface area contributed by atoms with Gasteiger partial charge in [0.15, 0.2) is 5.78 Å². The zero-order chi connectivity index (χ0) is 11.0. The molecule has 1 fully saturated rings. The lowest BCUT2D eigenvalue weighted by atomic mass is 10.3. The maximum atomic E-state index is 11.4. The molecular weight excluding hydrogens is 330 g/mol. The molecule has 2 heterocycles. The zero-order valence-corrected chi connectivity index (χ0v) is 10.4. The van der Waals surface area contributed by atoms with Gasteiger partial charge in [-0.2, -0.15) is 0 Å². The molecule has 0 N–H and O–H groups in total. The van der Waals surface area contributed by atoms with Crippen LogP contribution in [-0.2, 0) is 9.59 Å². The van der Waals surface area contributed by atoms with Gasteiger partial charge in [-0.3, -0.25) is 14.5 Å². The van der Waals surface area contributed by atoms with E-state index in [0.29, 0.717) is 11.0 Å². The minimum atomic E-state index is -0.218. The summed E-state index contributed by atoms with van der Waals surface area (Å²) in [7, 11) is 0. The highest BCUT2D eigenvalue weighted by Gasteiger charge is 2.29. The third-order valence-electron chi connectivity index (χ3n) is 2.05. The van der Waals surface area contributed by atoms with Crippen LogP contribution in [0.5, 0.6) is 0 Å². The molecule has 0 radical (unpaired) electrons. The molecule has 1 amide bonds. The Morgan fingerprint density at radius 1 is 1.40 bits per heavy atom. The summed E-state index contributed by atoms with van der Waals surface area (Å²) < 4.78 is 0.816. The molecule has 0 unspecified atom stereocenters. The number of amides is 1. The quantitative estimate of drug-likeness (QED) is 0.445. The van der Waals surface area contributed by atoms with Gasteiger partial charge in [-0.05, 0) is 34.7 Å². The van der Waals surface area contributed by atoms with E-state index in [4.69, 9.17) is 11.6 Å². The van der Waals surface area contributed by atoms with Crippen molar-refractivity contribution in [3.05, 3.63) is 20.9 Å². The van der Waals surface area contributed by atoms with Crippen molar-refractivity contribution in [2.75, 3.05) is 11.4 Å². The highest BCUT2D eigenvalue weighted by atomic mass is 127. The van der Waals surface area contributed by atoms with Gasteiger partial charge in [0.1, 0.15) is 11.0 Å². The van der Waals surface area contributed by atoms with E-state index in [0.717, 1.165) is 3.57 Å². The number of hydrogen-bond donors (Lipinski definition) is 0. The SMILES string of the molecule is O=C1CC(=O)N(c2ccc(I)c(Cl)n2)C1. The molecule has 4 nitrogen and oxygen atoms in total. The summed E-state index contributed by atoms with van der Waals surface area (Å²) in [5.74, 6) is 0.137. The molecular formula is C9H6ClIN2O2. The van der Waals surface area contributed by atoms with Gasteiger partial charge in [0, 0.05) is 0 Å². The molecule has 1 aliphatic heterocycles. The second-order valence-corrected chi connectivity index (χ2v) is 4.66. The topological polar surface area (TPSA) is 50.3 Å². The third kappa shape index (κ3) is 2.12. The fourth-order valence-corrected chi connectivity index (χ4v) is 1.80. The Morgan fingerprint density at radius 2 is 2.13 bits per heavy atom. The molecule has 1 saturated heterocycles. The van der Waals surface area contributed by atoms with E-state index in [-0.39, 0.29) is 24.7 Å². The number of nitrogens with zero attached hydrogens (tertiary/aromatic N) is 2. The first-order valence-electron chi connectivity index (χ1n) is 4.22. The summed E-state index contributed by atoms with van der Waals surface area (Å²) in [6.45, 7) is 0.1000. The van der Waals surface area contributed by atoms with E-state index in [1.165, 1.54) is 4.90 Å². The molecule has 0 bridgehead atoms. The van der Waals surface area contributed by atoms with Gasteiger partial charge >= 0.3 is 0 Å². The average Bonchev–Trinajstić information content (AvgIpc) is 2.50. The van der Waals surface area contributed by atoms with Crippen molar-refractivity contribution in [2.45, 2.75) is 6.42 Å². The number of pyridine rings is 1. The summed E-state index contributed by atoms with van der Waals surface area (Å²) in [5.41, 5.74) is 0. The van der Waals surface area contributed by atoms with Gasteiger partial charge in [0.25, 0.3) is 0 Å². The molecule has 0 aromatic carbocycles. The highest BCUT2D eigenvalue weighted by molar-refractivity contribution is 14.1. The number of ketones is 1. The van der Waals surface area contributed by atoms with Crippen molar-refractivity contribution in [1.82, 2.24) is 4.98 Å². The van der Waals surface area contributed by atoms with E-state index < -0.39 is 0 Å². The Morgan fingerprint density at radius 3 is 2.67 bits per heavy atom. The van der Waals surface area contributed by atoms with E-state index in [9.17, 15) is 9.59 Å². The zero-order valence-electron chi connectivity index (χ0n) is 7.54. The lowest BCUT2D eigenvalue weighted by Gasteiger charge is -2.13. The second kappa shape index (κ2) is 4.05. The molecule has 15 heavy (non-hydrogen) atoms. The molecule has 6 heteroatoms. The molecule has 1 aliphatic rings. The molecule has 2 rings (SSSR count). The average molecular weight is 337 g/mol. The van der Waals surface area contributed by atoms with E-state index in [1.54, 1.807) is 12.1 Å². The normalized spacial score (nSPS) is 16.3. The van der Waals surface area contributed by atoms with Crippen LogP contribution in [0.1, 0.15) is 6.42 Å². The Labute approximate surface area is 105 Å². The molecule has 78 valence electrons. The summed E-state index contributed by atoms with van der Waals surface area (Å²) in [4.78, 5) is 27.9. The molecule has 1 aromatic heterocycles. The van der Waals surface area contributed by atoms with Gasteiger partial charge in [-0.15, -0.1) is 0 Å². The van der Waals surface area contributed by atoms with Gasteiger partial charge in [-0.25, -0.2) is 4.98 Å². The first kappa shape index (κ1) is 10.8. The highest BCUT2D eigenvalue weighted by Crippen LogP contribution is 2.23. The van der Waals surface area contributed by atoms with E-state index >= 15 is 0 Å². The lowest BCUT2D eigenvalue weighted by Crippen LogP contribution is -2.25. The van der Waals surface area contributed by atoms with Crippen LogP contribution < -0.4 is 4.90 Å². The smallest absolute Gasteiger partial charge is 0.236 e. The summed E-state index contributed by atoms with van der Waals surface area (Å²) in [6.07, 6.45) is -0.0364. The Bertz CT molecular complexity index is 450. The van der Waals surface area contributed by atoms with Crippen molar-refractivity contribution in [3.63, 3.8) is 0 Å². The number of anilines is 1. The van der Waals surface area contributed by atoms with Crippen molar-refractivity contribution in [2.24, 2.45) is 0 Å². The van der Waals surface area contributed by atoms with E-state index in [2.05, 4.69) is 4.98 Å². The van der Waals surface area contributed by atoms with Gasteiger partial charge in [0.05, 0.1) is 16.5 Å². The summed E-state index contributed by atoms with van der Waals surface area (Å²) in [6, 6.07) is 3.45. The number of rotatable bonds is 1. The van der Waals surface area contributed by atoms with Crippen molar-refractivity contribution < 1.29 is 9.59 Å². The fraction of sp³-hybridized carbons (Fsp3) is 0.222. The van der Waals surface area contributed by atoms with Crippen molar-refractivity contribution in [1.29, 1.82) is 0 Å². The number of carbonyl (C=O) groups is 2. The number of halogens is 2. The number of carbonyl (C=O) groups excluding carboxylic acids is 2. The van der Waals surface area contributed by atoms with Crippen LogP contribution in [0.25, 0.3) is 0 Å². The largest absolute Gasteiger partial charge is 0.297 e. The lowest BCUT2D eigenvalue weighted by molar-refractivity contribution is -0.121.